The Morgan fingerprint density at radius 3 is 2.48 bits per heavy atom. The number of anilines is 1. The lowest BCUT2D eigenvalue weighted by molar-refractivity contribution is -0.115. The number of benzene rings is 2. The smallest absolute Gasteiger partial charge is 0.229 e. The van der Waals surface area contributed by atoms with E-state index >= 15 is 0 Å². The molecule has 0 radical (unpaired) electrons. The molecule has 25 heavy (non-hydrogen) atoms. The van der Waals surface area contributed by atoms with Crippen molar-refractivity contribution in [2.45, 2.75) is 6.42 Å². The molecule has 2 aromatic carbocycles. The Morgan fingerprint density at radius 2 is 1.76 bits per heavy atom. The van der Waals surface area contributed by atoms with Crippen molar-refractivity contribution in [3.05, 3.63) is 86.0 Å². The lowest BCUT2D eigenvalue weighted by atomic mass is 10.0. The highest BCUT2D eigenvalue weighted by molar-refractivity contribution is 7.10. The molecule has 0 spiro atoms. The van der Waals surface area contributed by atoms with E-state index in [-0.39, 0.29) is 18.1 Å². The average Bonchev–Trinajstić information content (AvgIpc) is 3.09. The van der Waals surface area contributed by atoms with Crippen LogP contribution < -0.4 is 5.32 Å². The highest BCUT2D eigenvalue weighted by Gasteiger charge is 2.18. The minimum atomic E-state index is -0.292. The summed E-state index contributed by atoms with van der Waals surface area (Å²) < 4.78 is 0. The van der Waals surface area contributed by atoms with Crippen molar-refractivity contribution in [3.8, 4) is 0 Å². The minimum absolute atomic E-state index is 0.196. The first kappa shape index (κ1) is 17.7. The maximum absolute atomic E-state index is 12.8. The summed E-state index contributed by atoms with van der Waals surface area (Å²) >= 11 is 13.7. The molecule has 0 aliphatic rings. The van der Waals surface area contributed by atoms with Gasteiger partial charge in [0.1, 0.15) is 0 Å². The van der Waals surface area contributed by atoms with Crippen molar-refractivity contribution in [1.82, 2.24) is 0 Å². The van der Waals surface area contributed by atoms with Gasteiger partial charge in [-0.3, -0.25) is 9.59 Å². The predicted octanol–water partition coefficient (Wildman–Crippen LogP) is 5.47. The Morgan fingerprint density at radius 1 is 0.960 bits per heavy atom. The number of amides is 1. The molecule has 0 atom stereocenters. The fraction of sp³-hybridized carbons (Fsp3) is 0.0526. The molecule has 0 saturated carbocycles. The molecule has 1 aromatic heterocycles. The summed E-state index contributed by atoms with van der Waals surface area (Å²) in [6.07, 6.45) is 0.250. The Labute approximate surface area is 159 Å². The van der Waals surface area contributed by atoms with Gasteiger partial charge in [-0.05, 0) is 41.8 Å². The van der Waals surface area contributed by atoms with Crippen LogP contribution in [-0.2, 0) is 11.2 Å². The molecule has 6 heteroatoms. The largest absolute Gasteiger partial charge is 0.325 e. The summed E-state index contributed by atoms with van der Waals surface area (Å²) in [6.45, 7) is 0. The first-order valence-corrected chi connectivity index (χ1v) is 9.09. The van der Waals surface area contributed by atoms with Crippen LogP contribution in [0.4, 0.5) is 5.69 Å². The Bertz CT molecular complexity index is 923. The summed E-state index contributed by atoms with van der Waals surface area (Å²) in [4.78, 5) is 26.1. The number of hydrogen-bond donors (Lipinski definition) is 1. The van der Waals surface area contributed by atoms with Gasteiger partial charge < -0.3 is 5.32 Å². The maximum Gasteiger partial charge on any atom is 0.229 e. The molecule has 0 bridgehead atoms. The molecule has 0 aliphatic carbocycles. The number of thiophene rings is 1. The maximum atomic E-state index is 12.8. The van der Waals surface area contributed by atoms with Crippen LogP contribution in [0.1, 0.15) is 20.8 Å². The second kappa shape index (κ2) is 7.83. The third-order valence-corrected chi connectivity index (χ3v) is 4.97. The minimum Gasteiger partial charge on any atom is -0.325 e. The van der Waals surface area contributed by atoms with Gasteiger partial charge in [0.2, 0.25) is 5.91 Å². The fourth-order valence-electron chi connectivity index (χ4n) is 2.37. The van der Waals surface area contributed by atoms with Crippen LogP contribution in [-0.4, -0.2) is 11.7 Å². The van der Waals surface area contributed by atoms with Crippen molar-refractivity contribution in [3.63, 3.8) is 0 Å². The highest BCUT2D eigenvalue weighted by atomic mass is 35.5. The van der Waals surface area contributed by atoms with Crippen molar-refractivity contribution in [1.29, 1.82) is 0 Å². The molecule has 3 rings (SSSR count). The molecule has 0 unspecified atom stereocenters. The van der Waals surface area contributed by atoms with Crippen LogP contribution in [0.25, 0.3) is 0 Å². The molecule has 3 nitrogen and oxygen atoms in total. The normalized spacial score (nSPS) is 10.5. The van der Waals surface area contributed by atoms with Gasteiger partial charge in [0.25, 0.3) is 0 Å². The van der Waals surface area contributed by atoms with Crippen LogP contribution in [0.5, 0.6) is 0 Å². The monoisotopic (exact) mass is 389 g/mol. The van der Waals surface area contributed by atoms with Crippen molar-refractivity contribution >= 4 is 51.9 Å². The zero-order valence-electron chi connectivity index (χ0n) is 13.0. The Balaban J connectivity index is 1.89. The SMILES string of the molecule is O=C(Cc1cccs1)Nc1ccc(Cl)cc1C(=O)c1ccccc1Cl. The lowest BCUT2D eigenvalue weighted by Crippen LogP contribution is -2.16. The Kier molecular flexibility index (Phi) is 5.53. The van der Waals surface area contributed by atoms with Crippen LogP contribution in [0.3, 0.4) is 0 Å². The van der Waals surface area contributed by atoms with E-state index in [1.165, 1.54) is 17.4 Å². The van der Waals surface area contributed by atoms with Crippen molar-refractivity contribution < 1.29 is 9.59 Å². The number of hydrogen-bond acceptors (Lipinski definition) is 3. The third kappa shape index (κ3) is 4.28. The van der Waals surface area contributed by atoms with E-state index in [4.69, 9.17) is 23.2 Å². The zero-order chi connectivity index (χ0) is 17.8. The molecule has 126 valence electrons. The standard InChI is InChI=1S/C19H13Cl2NO2S/c20-12-7-8-17(22-18(23)11-13-4-3-9-25-13)15(10-12)19(24)14-5-1-2-6-16(14)21/h1-10H,11H2,(H,22,23). The number of nitrogens with one attached hydrogen (secondary N) is 1. The fourth-order valence-corrected chi connectivity index (χ4v) is 3.47. The first-order chi connectivity index (χ1) is 12.0. The van der Waals surface area contributed by atoms with Gasteiger partial charge in [0, 0.05) is 21.0 Å². The van der Waals surface area contributed by atoms with Crippen LogP contribution >= 0.6 is 34.5 Å². The number of carbonyl (C=O) groups is 2. The van der Waals surface area contributed by atoms with Crippen molar-refractivity contribution in [2.24, 2.45) is 0 Å². The van der Waals surface area contributed by atoms with E-state index in [1.54, 1.807) is 36.4 Å². The van der Waals surface area contributed by atoms with Gasteiger partial charge >= 0.3 is 0 Å². The van der Waals surface area contributed by atoms with E-state index < -0.39 is 0 Å². The van der Waals surface area contributed by atoms with Gasteiger partial charge in [-0.25, -0.2) is 0 Å². The van der Waals surface area contributed by atoms with Gasteiger partial charge in [-0.15, -0.1) is 11.3 Å². The van der Waals surface area contributed by atoms with Crippen LogP contribution in [0.2, 0.25) is 10.0 Å². The van der Waals surface area contributed by atoms with E-state index in [1.807, 2.05) is 17.5 Å². The van der Waals surface area contributed by atoms with E-state index in [9.17, 15) is 9.59 Å². The number of ketones is 1. The van der Waals surface area contributed by atoms with Crippen LogP contribution in [0.15, 0.2) is 60.0 Å². The van der Waals surface area contributed by atoms with Crippen LogP contribution in [0, 0.1) is 0 Å². The van der Waals surface area contributed by atoms with Gasteiger partial charge in [0.15, 0.2) is 5.78 Å². The van der Waals surface area contributed by atoms with E-state index in [0.29, 0.717) is 26.9 Å². The molecule has 1 amide bonds. The van der Waals surface area contributed by atoms with E-state index in [2.05, 4.69) is 5.32 Å². The summed E-state index contributed by atoms with van der Waals surface area (Å²) in [6, 6.07) is 15.3. The zero-order valence-corrected chi connectivity index (χ0v) is 15.3. The third-order valence-electron chi connectivity index (χ3n) is 3.53. The van der Waals surface area contributed by atoms with Gasteiger partial charge in [0.05, 0.1) is 17.1 Å². The quantitative estimate of drug-likeness (QED) is 0.588. The van der Waals surface area contributed by atoms with Gasteiger partial charge in [-0.1, -0.05) is 41.4 Å². The predicted molar refractivity (Wildman–Crippen MR) is 103 cm³/mol. The highest BCUT2D eigenvalue weighted by Crippen LogP contribution is 2.26. The summed E-state index contributed by atoms with van der Waals surface area (Å²) in [5, 5.41) is 5.46. The second-order valence-corrected chi connectivity index (χ2v) is 7.18. The number of rotatable bonds is 5. The topological polar surface area (TPSA) is 46.2 Å². The lowest BCUT2D eigenvalue weighted by Gasteiger charge is -2.11. The first-order valence-electron chi connectivity index (χ1n) is 7.45. The van der Waals surface area contributed by atoms with E-state index in [0.717, 1.165) is 4.88 Å². The molecular weight excluding hydrogens is 377 g/mol. The molecule has 3 aromatic rings. The number of carbonyl (C=O) groups excluding carboxylic acids is 2. The molecule has 1 heterocycles. The molecule has 1 N–H and O–H groups in total. The molecular formula is C19H13Cl2NO2S. The molecule has 0 fully saturated rings. The van der Waals surface area contributed by atoms with Crippen molar-refractivity contribution in [2.75, 3.05) is 5.32 Å². The molecule has 0 saturated heterocycles. The summed E-state index contributed by atoms with van der Waals surface area (Å²) in [5.74, 6) is -0.488. The molecule has 0 aliphatic heterocycles. The van der Waals surface area contributed by atoms with Gasteiger partial charge in [-0.2, -0.15) is 0 Å². The summed E-state index contributed by atoms with van der Waals surface area (Å²) in [5.41, 5.74) is 1.08. The summed E-state index contributed by atoms with van der Waals surface area (Å²) in [7, 11) is 0. The Hall–Kier alpha value is -2.14. The second-order valence-electron chi connectivity index (χ2n) is 5.30. The number of halogens is 2. The average molecular weight is 390 g/mol.